The summed E-state index contributed by atoms with van der Waals surface area (Å²) in [6.07, 6.45) is -0.412. The smallest absolute Gasteiger partial charge is 0.0900 e. The number of ether oxygens (including phenoxy) is 1. The zero-order chi connectivity index (χ0) is 12.7. The molecule has 0 aliphatic carbocycles. The summed E-state index contributed by atoms with van der Waals surface area (Å²) in [6.45, 7) is 6.57. The van der Waals surface area contributed by atoms with Crippen LogP contribution in [0.3, 0.4) is 0 Å². The lowest BCUT2D eigenvalue weighted by Gasteiger charge is -2.20. The van der Waals surface area contributed by atoms with Gasteiger partial charge in [0.15, 0.2) is 0 Å². The van der Waals surface area contributed by atoms with Crippen LogP contribution < -0.4 is 0 Å². The van der Waals surface area contributed by atoms with E-state index in [4.69, 9.17) is 4.74 Å². The maximum Gasteiger partial charge on any atom is 0.0900 e. The first-order chi connectivity index (χ1) is 8.11. The van der Waals surface area contributed by atoms with Crippen LogP contribution in [-0.2, 0) is 11.3 Å². The van der Waals surface area contributed by atoms with E-state index in [1.807, 2.05) is 14.0 Å². The number of aliphatic hydroxyl groups excluding tert-OH is 1. The van der Waals surface area contributed by atoms with E-state index in [9.17, 15) is 5.11 Å². The Hall–Kier alpha value is -0.900. The van der Waals surface area contributed by atoms with Gasteiger partial charge in [-0.05, 0) is 26.5 Å². The second kappa shape index (κ2) is 7.43. The molecule has 1 atom stereocenters. The molecule has 0 fully saturated rings. The summed E-state index contributed by atoms with van der Waals surface area (Å²) in [4.78, 5) is 2.11. The van der Waals surface area contributed by atoms with Crippen molar-refractivity contribution in [2.75, 3.05) is 26.8 Å². The van der Waals surface area contributed by atoms with Gasteiger partial charge in [0.1, 0.15) is 0 Å². The molecule has 0 saturated carbocycles. The lowest BCUT2D eigenvalue weighted by molar-refractivity contribution is 0.0244. The number of nitrogens with zero attached hydrogens (tertiary/aromatic N) is 1. The van der Waals surface area contributed by atoms with Gasteiger partial charge in [-0.1, -0.05) is 29.8 Å². The average Bonchev–Trinajstić information content (AvgIpc) is 2.26. The topological polar surface area (TPSA) is 32.7 Å². The quantitative estimate of drug-likeness (QED) is 0.785. The molecule has 0 aliphatic heterocycles. The Morgan fingerprint density at radius 3 is 2.82 bits per heavy atom. The number of hydrogen-bond donors (Lipinski definition) is 1. The molecule has 0 aliphatic rings. The maximum atomic E-state index is 9.72. The van der Waals surface area contributed by atoms with Gasteiger partial charge in [0, 0.05) is 19.7 Å². The minimum atomic E-state index is -0.412. The molecule has 3 heteroatoms. The van der Waals surface area contributed by atoms with Gasteiger partial charge < -0.3 is 9.84 Å². The lowest BCUT2D eigenvalue weighted by atomic mass is 10.1. The molecule has 0 aromatic heterocycles. The first kappa shape index (κ1) is 14.2. The molecule has 1 aromatic carbocycles. The van der Waals surface area contributed by atoms with Gasteiger partial charge in [0.05, 0.1) is 12.7 Å². The standard InChI is InChI=1S/C14H23NO2/c1-4-17-11-14(16)10-15(3)9-13-7-5-6-12(2)8-13/h5-8,14,16H,4,9-11H2,1-3H3. The first-order valence-electron chi connectivity index (χ1n) is 6.11. The minimum absolute atomic E-state index is 0.411. The van der Waals surface area contributed by atoms with Gasteiger partial charge >= 0.3 is 0 Å². The van der Waals surface area contributed by atoms with Gasteiger partial charge in [0.25, 0.3) is 0 Å². The highest BCUT2D eigenvalue weighted by molar-refractivity contribution is 5.21. The number of hydrogen-bond acceptors (Lipinski definition) is 3. The molecule has 1 unspecified atom stereocenters. The summed E-state index contributed by atoms with van der Waals surface area (Å²) >= 11 is 0. The Balaban J connectivity index is 2.36. The summed E-state index contributed by atoms with van der Waals surface area (Å²) < 4.78 is 5.19. The number of likely N-dealkylation sites (N-methyl/N-ethyl adjacent to an activating group) is 1. The van der Waals surface area contributed by atoms with Crippen LogP contribution in [0, 0.1) is 6.92 Å². The normalized spacial score (nSPS) is 13.0. The molecule has 0 heterocycles. The largest absolute Gasteiger partial charge is 0.389 e. The number of aryl methyl sites for hydroxylation is 1. The third-order valence-electron chi connectivity index (χ3n) is 2.57. The van der Waals surface area contributed by atoms with E-state index in [-0.39, 0.29) is 0 Å². The second-order valence-corrected chi connectivity index (χ2v) is 4.50. The van der Waals surface area contributed by atoms with E-state index in [0.29, 0.717) is 19.8 Å². The van der Waals surface area contributed by atoms with E-state index >= 15 is 0 Å². The molecule has 0 bridgehead atoms. The van der Waals surface area contributed by atoms with Crippen LogP contribution in [0.4, 0.5) is 0 Å². The van der Waals surface area contributed by atoms with Crippen molar-refractivity contribution in [3.05, 3.63) is 35.4 Å². The predicted octanol–water partition coefficient (Wildman–Crippen LogP) is 1.82. The van der Waals surface area contributed by atoms with Crippen molar-refractivity contribution in [3.63, 3.8) is 0 Å². The first-order valence-corrected chi connectivity index (χ1v) is 6.11. The summed E-state index contributed by atoms with van der Waals surface area (Å²) in [5.74, 6) is 0. The Kier molecular flexibility index (Phi) is 6.19. The third kappa shape index (κ3) is 5.82. The molecule has 1 N–H and O–H groups in total. The van der Waals surface area contributed by atoms with Gasteiger partial charge in [-0.25, -0.2) is 0 Å². The molecule has 3 nitrogen and oxygen atoms in total. The fraction of sp³-hybridized carbons (Fsp3) is 0.571. The average molecular weight is 237 g/mol. The third-order valence-corrected chi connectivity index (χ3v) is 2.57. The van der Waals surface area contributed by atoms with Crippen LogP contribution in [-0.4, -0.2) is 42.9 Å². The second-order valence-electron chi connectivity index (χ2n) is 4.50. The van der Waals surface area contributed by atoms with Crippen LogP contribution >= 0.6 is 0 Å². The summed E-state index contributed by atoms with van der Waals surface area (Å²) in [5, 5.41) is 9.72. The summed E-state index contributed by atoms with van der Waals surface area (Å²) in [7, 11) is 2.01. The molecule has 0 spiro atoms. The molecule has 1 rings (SSSR count). The van der Waals surface area contributed by atoms with Crippen LogP contribution in [0.1, 0.15) is 18.1 Å². The molecular weight excluding hydrogens is 214 g/mol. The van der Waals surface area contributed by atoms with Crippen molar-refractivity contribution in [1.82, 2.24) is 4.90 Å². The molecule has 96 valence electrons. The summed E-state index contributed by atoms with van der Waals surface area (Å²) in [6, 6.07) is 8.44. The molecule has 0 amide bonds. The van der Waals surface area contributed by atoms with Crippen molar-refractivity contribution < 1.29 is 9.84 Å². The van der Waals surface area contributed by atoms with Gasteiger partial charge in [-0.15, -0.1) is 0 Å². The van der Waals surface area contributed by atoms with E-state index in [1.54, 1.807) is 0 Å². The fourth-order valence-corrected chi connectivity index (χ4v) is 1.85. The van der Waals surface area contributed by atoms with Gasteiger partial charge in [-0.2, -0.15) is 0 Å². The monoisotopic (exact) mass is 237 g/mol. The summed E-state index contributed by atoms with van der Waals surface area (Å²) in [5.41, 5.74) is 2.54. The SMILES string of the molecule is CCOCC(O)CN(C)Cc1cccc(C)c1. The van der Waals surface area contributed by atoms with E-state index in [2.05, 4.69) is 36.1 Å². The van der Waals surface area contributed by atoms with Crippen molar-refractivity contribution in [2.45, 2.75) is 26.5 Å². The van der Waals surface area contributed by atoms with Crippen LogP contribution in [0.5, 0.6) is 0 Å². The zero-order valence-corrected chi connectivity index (χ0v) is 11.0. The molecule has 1 aromatic rings. The van der Waals surface area contributed by atoms with Gasteiger partial charge in [-0.3, -0.25) is 4.90 Å². The van der Waals surface area contributed by atoms with E-state index in [1.165, 1.54) is 11.1 Å². The maximum absolute atomic E-state index is 9.72. The Morgan fingerprint density at radius 1 is 1.41 bits per heavy atom. The van der Waals surface area contributed by atoms with E-state index in [0.717, 1.165) is 6.54 Å². The van der Waals surface area contributed by atoms with Crippen molar-refractivity contribution in [2.24, 2.45) is 0 Å². The zero-order valence-electron chi connectivity index (χ0n) is 11.0. The highest BCUT2D eigenvalue weighted by Crippen LogP contribution is 2.06. The lowest BCUT2D eigenvalue weighted by Crippen LogP contribution is -2.31. The molecule has 0 saturated heterocycles. The fourth-order valence-electron chi connectivity index (χ4n) is 1.85. The number of aliphatic hydroxyl groups is 1. The minimum Gasteiger partial charge on any atom is -0.389 e. The molecule has 17 heavy (non-hydrogen) atoms. The highest BCUT2D eigenvalue weighted by atomic mass is 16.5. The van der Waals surface area contributed by atoms with Crippen molar-refractivity contribution in [1.29, 1.82) is 0 Å². The predicted molar refractivity (Wildman–Crippen MR) is 70.0 cm³/mol. The Morgan fingerprint density at radius 2 is 2.18 bits per heavy atom. The number of benzene rings is 1. The van der Waals surface area contributed by atoms with Crippen molar-refractivity contribution >= 4 is 0 Å². The molecular formula is C14H23NO2. The number of rotatable bonds is 7. The van der Waals surface area contributed by atoms with Crippen LogP contribution in [0.25, 0.3) is 0 Å². The molecule has 0 radical (unpaired) electrons. The Bertz CT molecular complexity index is 328. The Labute approximate surface area is 104 Å². The van der Waals surface area contributed by atoms with Gasteiger partial charge in [0.2, 0.25) is 0 Å². The highest BCUT2D eigenvalue weighted by Gasteiger charge is 2.08. The van der Waals surface area contributed by atoms with Crippen LogP contribution in [0.2, 0.25) is 0 Å². The van der Waals surface area contributed by atoms with Crippen molar-refractivity contribution in [3.8, 4) is 0 Å². The van der Waals surface area contributed by atoms with Crippen LogP contribution in [0.15, 0.2) is 24.3 Å². The van der Waals surface area contributed by atoms with E-state index < -0.39 is 6.10 Å².